The summed E-state index contributed by atoms with van der Waals surface area (Å²) >= 11 is 8.07. The molecular formula is C19H28ClN2O3S+. The molecule has 1 fully saturated rings. The molecule has 5 nitrogen and oxygen atoms in total. The molecular weight excluding hydrogens is 372 g/mol. The highest BCUT2D eigenvalue weighted by Crippen LogP contribution is 2.40. The van der Waals surface area contributed by atoms with Crippen LogP contribution in [0.2, 0.25) is 5.02 Å². The normalized spacial score (nSPS) is 18.0. The number of nitrogens with zero attached hydrogens (tertiary/aromatic N) is 1. The predicted molar refractivity (Wildman–Crippen MR) is 105 cm³/mol. The molecule has 0 aliphatic carbocycles. The molecule has 0 radical (unpaired) electrons. The molecule has 1 heterocycles. The summed E-state index contributed by atoms with van der Waals surface area (Å²) in [6.07, 6.45) is 2.01. The van der Waals surface area contributed by atoms with E-state index >= 15 is 0 Å². The number of hydrogen-bond acceptors (Lipinski definition) is 4. The first-order valence-corrected chi connectivity index (χ1v) is 10.6. The van der Waals surface area contributed by atoms with Gasteiger partial charge in [0.15, 0.2) is 13.1 Å². The average Bonchev–Trinajstić information content (AvgIpc) is 3.10. The van der Waals surface area contributed by atoms with E-state index in [1.54, 1.807) is 18.7 Å². The average molecular weight is 400 g/mol. The van der Waals surface area contributed by atoms with E-state index in [0.717, 1.165) is 35.6 Å². The van der Waals surface area contributed by atoms with Crippen molar-refractivity contribution in [3.05, 3.63) is 34.9 Å². The molecule has 1 aromatic carbocycles. The topological polar surface area (TPSA) is 51.1 Å². The Kier molecular flexibility index (Phi) is 8.75. The Morgan fingerprint density at radius 3 is 2.77 bits per heavy atom. The SMILES string of the molecule is CCCC[NH+](CC(=O)OCC)CC(=O)N1CCS[C@@H]1c1ccccc1Cl. The van der Waals surface area contributed by atoms with Crippen LogP contribution in [0.5, 0.6) is 0 Å². The van der Waals surface area contributed by atoms with Gasteiger partial charge in [-0.05, 0) is 19.4 Å². The van der Waals surface area contributed by atoms with Gasteiger partial charge in [0, 0.05) is 22.9 Å². The van der Waals surface area contributed by atoms with Crippen LogP contribution < -0.4 is 4.90 Å². The maximum atomic E-state index is 12.9. The number of quaternary nitrogens is 1. The first kappa shape index (κ1) is 21.1. The van der Waals surface area contributed by atoms with Gasteiger partial charge in [0.2, 0.25) is 0 Å². The highest BCUT2D eigenvalue weighted by atomic mass is 35.5. The molecule has 1 N–H and O–H groups in total. The number of thioether (sulfide) groups is 1. The zero-order valence-electron chi connectivity index (χ0n) is 15.5. The minimum Gasteiger partial charge on any atom is -0.462 e. The van der Waals surface area contributed by atoms with Crippen molar-refractivity contribution < 1.29 is 19.2 Å². The zero-order valence-corrected chi connectivity index (χ0v) is 17.1. The van der Waals surface area contributed by atoms with Crippen LogP contribution in [0.4, 0.5) is 0 Å². The van der Waals surface area contributed by atoms with Crippen molar-refractivity contribution in [1.82, 2.24) is 4.90 Å². The fraction of sp³-hybridized carbons (Fsp3) is 0.579. The zero-order chi connectivity index (χ0) is 18.9. The molecule has 2 atom stereocenters. The Balaban J connectivity index is 2.04. The number of carbonyl (C=O) groups is 2. The van der Waals surface area contributed by atoms with Gasteiger partial charge in [-0.25, -0.2) is 4.79 Å². The highest BCUT2D eigenvalue weighted by molar-refractivity contribution is 7.99. The van der Waals surface area contributed by atoms with Gasteiger partial charge >= 0.3 is 5.97 Å². The molecule has 1 aromatic rings. The number of ether oxygens (including phenoxy) is 1. The van der Waals surface area contributed by atoms with Gasteiger partial charge in [0.1, 0.15) is 5.37 Å². The highest BCUT2D eigenvalue weighted by Gasteiger charge is 2.33. The second-order valence-corrected chi connectivity index (χ2v) is 7.94. The number of unbranched alkanes of at least 4 members (excludes halogenated alkanes) is 1. The lowest BCUT2D eigenvalue weighted by Crippen LogP contribution is -3.14. The fourth-order valence-electron chi connectivity index (χ4n) is 3.06. The van der Waals surface area contributed by atoms with Crippen molar-refractivity contribution >= 4 is 35.2 Å². The molecule has 1 aliphatic rings. The largest absolute Gasteiger partial charge is 0.462 e. The summed E-state index contributed by atoms with van der Waals surface area (Å²) in [5.41, 5.74) is 0.977. The molecule has 7 heteroatoms. The lowest BCUT2D eigenvalue weighted by atomic mass is 10.2. The maximum absolute atomic E-state index is 12.9. The van der Waals surface area contributed by atoms with Gasteiger partial charge in [-0.2, -0.15) is 0 Å². The molecule has 1 saturated heterocycles. The molecule has 26 heavy (non-hydrogen) atoms. The van der Waals surface area contributed by atoms with Gasteiger partial charge in [-0.3, -0.25) is 4.79 Å². The van der Waals surface area contributed by atoms with Crippen LogP contribution in [0, 0.1) is 0 Å². The van der Waals surface area contributed by atoms with Gasteiger partial charge in [-0.1, -0.05) is 43.1 Å². The number of nitrogens with one attached hydrogen (secondary N) is 1. The molecule has 1 amide bonds. The van der Waals surface area contributed by atoms with Crippen LogP contribution in [-0.4, -0.2) is 55.3 Å². The molecule has 0 aromatic heterocycles. The van der Waals surface area contributed by atoms with Crippen LogP contribution >= 0.6 is 23.4 Å². The number of carbonyl (C=O) groups excluding carboxylic acids is 2. The Morgan fingerprint density at radius 2 is 2.08 bits per heavy atom. The molecule has 144 valence electrons. The summed E-state index contributed by atoms with van der Waals surface area (Å²) in [5.74, 6) is 0.712. The van der Waals surface area contributed by atoms with E-state index in [0.29, 0.717) is 24.7 Å². The smallest absolute Gasteiger partial charge is 0.361 e. The Labute approximate surface area is 165 Å². The summed E-state index contributed by atoms with van der Waals surface area (Å²) in [6, 6.07) is 7.68. The van der Waals surface area contributed by atoms with Crippen molar-refractivity contribution in [2.45, 2.75) is 32.1 Å². The van der Waals surface area contributed by atoms with Crippen molar-refractivity contribution in [2.75, 3.05) is 38.5 Å². The van der Waals surface area contributed by atoms with E-state index in [9.17, 15) is 9.59 Å². The summed E-state index contributed by atoms with van der Waals surface area (Å²) < 4.78 is 5.06. The van der Waals surface area contributed by atoms with E-state index in [1.807, 2.05) is 29.2 Å². The predicted octanol–water partition coefficient (Wildman–Crippen LogP) is 2.16. The molecule has 0 bridgehead atoms. The van der Waals surface area contributed by atoms with Crippen LogP contribution in [0.3, 0.4) is 0 Å². The Morgan fingerprint density at radius 1 is 1.31 bits per heavy atom. The summed E-state index contributed by atoms with van der Waals surface area (Å²) in [6.45, 7) is 6.31. The number of halogens is 1. The van der Waals surface area contributed by atoms with Gasteiger partial charge < -0.3 is 14.5 Å². The minimum absolute atomic E-state index is 0.0498. The second-order valence-electron chi connectivity index (χ2n) is 6.34. The summed E-state index contributed by atoms with van der Waals surface area (Å²) in [7, 11) is 0. The number of rotatable bonds is 9. The first-order valence-electron chi connectivity index (χ1n) is 9.21. The van der Waals surface area contributed by atoms with Gasteiger partial charge in [-0.15, -0.1) is 11.8 Å². The Bertz CT molecular complexity index is 614. The Hall–Kier alpha value is -1.24. The summed E-state index contributed by atoms with van der Waals surface area (Å²) in [4.78, 5) is 27.7. The molecule has 0 spiro atoms. The second kappa shape index (κ2) is 10.8. The standard InChI is InChI=1S/C19H27ClN2O3S/c1-3-5-10-21(14-18(24)25-4-2)13-17(23)22-11-12-26-19(22)15-8-6-7-9-16(15)20/h6-9,19H,3-5,10-14H2,1-2H3/p+1/t19-/m1/s1. The number of benzene rings is 1. The third-order valence-electron chi connectivity index (χ3n) is 4.37. The monoisotopic (exact) mass is 399 g/mol. The fourth-order valence-corrected chi connectivity index (χ4v) is 4.67. The van der Waals surface area contributed by atoms with Crippen molar-refractivity contribution in [1.29, 1.82) is 0 Å². The van der Waals surface area contributed by atoms with Crippen LogP contribution in [0.15, 0.2) is 24.3 Å². The van der Waals surface area contributed by atoms with Crippen molar-refractivity contribution in [3.63, 3.8) is 0 Å². The number of esters is 1. The van der Waals surface area contributed by atoms with Crippen LogP contribution in [-0.2, 0) is 14.3 Å². The molecule has 2 rings (SSSR count). The van der Waals surface area contributed by atoms with Crippen LogP contribution in [0.25, 0.3) is 0 Å². The lowest BCUT2D eigenvalue weighted by Gasteiger charge is -2.26. The van der Waals surface area contributed by atoms with Crippen LogP contribution in [0.1, 0.15) is 37.6 Å². The molecule has 1 unspecified atom stereocenters. The molecule has 0 saturated carbocycles. The van der Waals surface area contributed by atoms with Crippen molar-refractivity contribution in [3.8, 4) is 0 Å². The minimum atomic E-state index is -0.246. The third-order valence-corrected chi connectivity index (χ3v) is 5.95. The van der Waals surface area contributed by atoms with E-state index in [1.165, 1.54) is 0 Å². The van der Waals surface area contributed by atoms with E-state index in [4.69, 9.17) is 16.3 Å². The quantitative estimate of drug-likeness (QED) is 0.646. The lowest BCUT2D eigenvalue weighted by molar-refractivity contribution is -0.885. The van der Waals surface area contributed by atoms with Gasteiger partial charge in [0.05, 0.1) is 13.2 Å². The van der Waals surface area contributed by atoms with E-state index in [2.05, 4.69) is 6.92 Å². The summed E-state index contributed by atoms with van der Waals surface area (Å²) in [5, 5.41) is 0.637. The third kappa shape index (κ3) is 5.89. The van der Waals surface area contributed by atoms with E-state index in [-0.39, 0.29) is 23.8 Å². The van der Waals surface area contributed by atoms with Gasteiger partial charge in [0.25, 0.3) is 5.91 Å². The van der Waals surface area contributed by atoms with E-state index < -0.39 is 0 Å². The number of amides is 1. The molecule has 1 aliphatic heterocycles. The first-order chi connectivity index (χ1) is 12.6. The van der Waals surface area contributed by atoms with Crippen molar-refractivity contribution in [2.24, 2.45) is 0 Å². The maximum Gasteiger partial charge on any atom is 0.361 e. The number of hydrogen-bond donors (Lipinski definition) is 1.